The van der Waals surface area contributed by atoms with Gasteiger partial charge in [0, 0.05) is 12.6 Å². The van der Waals surface area contributed by atoms with Gasteiger partial charge in [0.25, 0.3) is 0 Å². The maximum atomic E-state index is 11.7. The first-order valence-corrected chi connectivity index (χ1v) is 6.42. The predicted molar refractivity (Wildman–Crippen MR) is 75.3 cm³/mol. The van der Waals surface area contributed by atoms with Crippen LogP contribution in [0.2, 0.25) is 0 Å². The van der Waals surface area contributed by atoms with Crippen LogP contribution in [-0.4, -0.2) is 40.9 Å². The van der Waals surface area contributed by atoms with Gasteiger partial charge in [0.1, 0.15) is 17.4 Å². The lowest BCUT2D eigenvalue weighted by Crippen LogP contribution is -2.44. The molecule has 1 rings (SSSR count). The van der Waals surface area contributed by atoms with E-state index in [-0.39, 0.29) is 6.42 Å². The molecule has 0 saturated carbocycles. The Morgan fingerprint density at radius 1 is 1.43 bits per heavy atom. The smallest absolute Gasteiger partial charge is 0.408 e. The largest absolute Gasteiger partial charge is 0.495 e. The summed E-state index contributed by atoms with van der Waals surface area (Å²) >= 11 is 0. The molecule has 0 unspecified atom stereocenters. The van der Waals surface area contributed by atoms with Gasteiger partial charge in [-0.2, -0.15) is 0 Å². The molecular formula is C14H20N2O5. The van der Waals surface area contributed by atoms with E-state index in [1.807, 2.05) is 0 Å². The summed E-state index contributed by atoms with van der Waals surface area (Å²) in [6.07, 6.45) is 2.31. The number of aliphatic carboxylic acids is 1. The van der Waals surface area contributed by atoms with Crippen LogP contribution in [0, 0.1) is 0 Å². The first-order valence-electron chi connectivity index (χ1n) is 6.42. The topological polar surface area (TPSA) is 97.8 Å². The van der Waals surface area contributed by atoms with Crippen LogP contribution in [0.15, 0.2) is 18.5 Å². The Morgan fingerprint density at radius 3 is 2.62 bits per heavy atom. The van der Waals surface area contributed by atoms with Gasteiger partial charge in [-0.3, -0.25) is 4.98 Å². The maximum Gasteiger partial charge on any atom is 0.408 e. The van der Waals surface area contributed by atoms with Crippen molar-refractivity contribution in [1.82, 2.24) is 10.3 Å². The number of methoxy groups -OCH3 is 1. The van der Waals surface area contributed by atoms with Gasteiger partial charge in [0.2, 0.25) is 0 Å². The van der Waals surface area contributed by atoms with E-state index in [1.165, 1.54) is 19.5 Å². The Hall–Kier alpha value is -2.31. The quantitative estimate of drug-likeness (QED) is 0.856. The van der Waals surface area contributed by atoms with Crippen LogP contribution in [0.5, 0.6) is 5.75 Å². The number of ether oxygens (including phenoxy) is 2. The van der Waals surface area contributed by atoms with Gasteiger partial charge in [0.15, 0.2) is 0 Å². The summed E-state index contributed by atoms with van der Waals surface area (Å²) in [5.74, 6) is -0.686. The molecule has 7 nitrogen and oxygen atoms in total. The highest BCUT2D eigenvalue weighted by Gasteiger charge is 2.25. The molecule has 7 heteroatoms. The lowest BCUT2D eigenvalue weighted by atomic mass is 10.1. The average molecular weight is 296 g/mol. The van der Waals surface area contributed by atoms with Crippen molar-refractivity contribution in [1.29, 1.82) is 0 Å². The van der Waals surface area contributed by atoms with Crippen molar-refractivity contribution in [2.24, 2.45) is 0 Å². The number of amides is 1. The fraction of sp³-hybridized carbons (Fsp3) is 0.500. The summed E-state index contributed by atoms with van der Waals surface area (Å²) in [5, 5.41) is 11.6. The minimum absolute atomic E-state index is 0.0697. The van der Waals surface area contributed by atoms with E-state index >= 15 is 0 Å². The molecule has 1 amide bonds. The van der Waals surface area contributed by atoms with Crippen molar-refractivity contribution in [3.63, 3.8) is 0 Å². The Labute approximate surface area is 123 Å². The highest BCUT2D eigenvalue weighted by Crippen LogP contribution is 2.18. The number of rotatable bonds is 5. The number of nitrogens with zero attached hydrogens (tertiary/aromatic N) is 1. The van der Waals surface area contributed by atoms with Crippen molar-refractivity contribution in [2.75, 3.05) is 7.11 Å². The Morgan fingerprint density at radius 2 is 2.10 bits per heavy atom. The minimum Gasteiger partial charge on any atom is -0.495 e. The van der Waals surface area contributed by atoms with Crippen molar-refractivity contribution in [2.45, 2.75) is 38.8 Å². The van der Waals surface area contributed by atoms with Crippen LogP contribution >= 0.6 is 0 Å². The van der Waals surface area contributed by atoms with Gasteiger partial charge in [-0.05, 0) is 32.4 Å². The zero-order valence-electron chi connectivity index (χ0n) is 12.5. The lowest BCUT2D eigenvalue weighted by Gasteiger charge is -2.22. The van der Waals surface area contributed by atoms with Crippen LogP contribution in [0.1, 0.15) is 26.3 Å². The number of hydrogen-bond acceptors (Lipinski definition) is 5. The Balaban J connectivity index is 2.79. The third-order valence-electron chi connectivity index (χ3n) is 2.50. The number of nitrogens with one attached hydrogen (secondary N) is 1. The molecule has 1 aromatic rings. The number of carbonyl (C=O) groups excluding carboxylic acids is 1. The van der Waals surface area contributed by atoms with Crippen LogP contribution < -0.4 is 10.1 Å². The van der Waals surface area contributed by atoms with E-state index < -0.39 is 23.7 Å². The third kappa shape index (κ3) is 5.68. The van der Waals surface area contributed by atoms with E-state index in [2.05, 4.69) is 10.3 Å². The highest BCUT2D eigenvalue weighted by molar-refractivity contribution is 5.80. The molecule has 116 valence electrons. The monoisotopic (exact) mass is 296 g/mol. The number of carboxylic acid groups (broad SMARTS) is 1. The number of pyridine rings is 1. The van der Waals surface area contributed by atoms with Crippen LogP contribution in [0.25, 0.3) is 0 Å². The Bertz CT molecular complexity index is 510. The van der Waals surface area contributed by atoms with E-state index in [1.54, 1.807) is 26.8 Å². The SMILES string of the molecule is COc1cnccc1C[C@@H](NC(=O)OC(C)(C)C)C(=O)O. The first-order chi connectivity index (χ1) is 9.73. The zero-order chi connectivity index (χ0) is 16.0. The molecule has 1 heterocycles. The average Bonchev–Trinajstić information content (AvgIpc) is 2.36. The fourth-order valence-corrected chi connectivity index (χ4v) is 1.63. The van der Waals surface area contributed by atoms with Crippen LogP contribution in [-0.2, 0) is 16.0 Å². The highest BCUT2D eigenvalue weighted by atomic mass is 16.6. The second-order valence-electron chi connectivity index (χ2n) is 5.43. The van der Waals surface area contributed by atoms with Gasteiger partial charge in [0.05, 0.1) is 13.3 Å². The molecule has 0 aliphatic rings. The molecule has 1 aromatic heterocycles. The molecule has 0 aliphatic carbocycles. The Kier molecular flexibility index (Phi) is 5.52. The summed E-state index contributed by atoms with van der Waals surface area (Å²) in [4.78, 5) is 26.8. The molecule has 1 atom stereocenters. The van der Waals surface area contributed by atoms with Crippen molar-refractivity contribution in [3.8, 4) is 5.75 Å². The van der Waals surface area contributed by atoms with Gasteiger partial charge < -0.3 is 19.9 Å². The summed E-state index contributed by atoms with van der Waals surface area (Å²) in [7, 11) is 1.47. The second kappa shape index (κ2) is 6.92. The van der Waals surface area contributed by atoms with Gasteiger partial charge in [-0.1, -0.05) is 0 Å². The molecule has 0 aromatic carbocycles. The number of hydrogen-bond donors (Lipinski definition) is 2. The summed E-state index contributed by atoms with van der Waals surface area (Å²) in [6, 6.07) is 0.530. The molecule has 0 fully saturated rings. The van der Waals surface area contributed by atoms with Crippen molar-refractivity contribution < 1.29 is 24.2 Å². The summed E-state index contributed by atoms with van der Waals surface area (Å²) in [6.45, 7) is 5.11. The number of carboxylic acids is 1. The number of alkyl carbamates (subject to hydrolysis) is 1. The molecule has 2 N–H and O–H groups in total. The fourth-order valence-electron chi connectivity index (χ4n) is 1.63. The van der Waals surface area contributed by atoms with Gasteiger partial charge in [-0.25, -0.2) is 9.59 Å². The van der Waals surface area contributed by atoms with E-state index in [4.69, 9.17) is 9.47 Å². The third-order valence-corrected chi connectivity index (χ3v) is 2.50. The normalized spacial score (nSPS) is 12.4. The first kappa shape index (κ1) is 16.7. The predicted octanol–water partition coefficient (Wildman–Crippen LogP) is 1.61. The zero-order valence-corrected chi connectivity index (χ0v) is 12.5. The van der Waals surface area contributed by atoms with Crippen LogP contribution in [0.4, 0.5) is 4.79 Å². The number of aromatic nitrogens is 1. The molecule has 0 bridgehead atoms. The molecular weight excluding hydrogens is 276 g/mol. The standard InChI is InChI=1S/C14H20N2O5/c1-14(2,3)21-13(19)16-10(12(17)18)7-9-5-6-15-8-11(9)20-4/h5-6,8,10H,7H2,1-4H3,(H,16,19)(H,17,18)/t10-/m1/s1. The molecule has 0 aliphatic heterocycles. The van der Waals surface area contributed by atoms with E-state index in [9.17, 15) is 14.7 Å². The summed E-state index contributed by atoms with van der Waals surface area (Å²) in [5.41, 5.74) is -0.0578. The van der Waals surface area contributed by atoms with Gasteiger partial charge in [-0.15, -0.1) is 0 Å². The van der Waals surface area contributed by atoms with Crippen molar-refractivity contribution in [3.05, 3.63) is 24.0 Å². The summed E-state index contributed by atoms with van der Waals surface area (Å²) < 4.78 is 10.2. The minimum atomic E-state index is -1.15. The van der Waals surface area contributed by atoms with Crippen LogP contribution in [0.3, 0.4) is 0 Å². The molecule has 0 saturated heterocycles. The van der Waals surface area contributed by atoms with Gasteiger partial charge >= 0.3 is 12.1 Å². The molecule has 0 spiro atoms. The molecule has 0 radical (unpaired) electrons. The lowest BCUT2D eigenvalue weighted by molar-refractivity contribution is -0.139. The number of carbonyl (C=O) groups is 2. The molecule has 21 heavy (non-hydrogen) atoms. The van der Waals surface area contributed by atoms with E-state index in [0.29, 0.717) is 11.3 Å². The second-order valence-corrected chi connectivity index (χ2v) is 5.43. The van der Waals surface area contributed by atoms with E-state index in [0.717, 1.165) is 0 Å². The van der Waals surface area contributed by atoms with Crippen molar-refractivity contribution >= 4 is 12.1 Å². The maximum absolute atomic E-state index is 11.7.